The average Bonchev–Trinajstić information content (AvgIpc) is 3.26. The average molecular weight is 506 g/mol. The monoisotopic (exact) mass is 505 g/mol. The number of hydrogen-bond donors (Lipinski definition) is 3. The van der Waals surface area contributed by atoms with Gasteiger partial charge in [0.05, 0.1) is 36.3 Å². The third-order valence-corrected chi connectivity index (χ3v) is 7.57. The van der Waals surface area contributed by atoms with Gasteiger partial charge in [0.25, 0.3) is 0 Å². The zero-order valence-electron chi connectivity index (χ0n) is 21.5. The number of allylic oxidation sites excluding steroid dienone is 2. The molecule has 3 N–H and O–H groups in total. The normalized spacial score (nSPS) is 32.0. The van der Waals surface area contributed by atoms with Gasteiger partial charge >= 0.3 is 5.97 Å². The maximum atomic E-state index is 13.1. The van der Waals surface area contributed by atoms with Crippen molar-refractivity contribution in [3.8, 4) is 0 Å². The molecule has 0 aromatic carbocycles. The van der Waals surface area contributed by atoms with Crippen molar-refractivity contribution in [3.05, 3.63) is 45.5 Å². The van der Waals surface area contributed by atoms with E-state index in [4.69, 9.17) is 4.74 Å². The van der Waals surface area contributed by atoms with E-state index in [1.165, 1.54) is 11.3 Å². The molecule has 0 radical (unpaired) electrons. The van der Waals surface area contributed by atoms with E-state index in [1.54, 1.807) is 20.8 Å². The number of esters is 1. The SMILES string of the molecule is C/C1=C\C[C@@H](/C(C)=C/c2csc(CO)n2)OC(=O)C[C@H](O)C(C)(C)C(=O)[C@H](C)[C@@H](O)[C@@H](C)/C=C\C1. The summed E-state index contributed by atoms with van der Waals surface area (Å²) in [5.74, 6) is -1.86. The van der Waals surface area contributed by atoms with E-state index in [9.17, 15) is 24.9 Å². The van der Waals surface area contributed by atoms with Crippen LogP contribution < -0.4 is 0 Å². The Morgan fingerprint density at radius 1 is 1.29 bits per heavy atom. The first kappa shape index (κ1) is 29.1. The maximum Gasteiger partial charge on any atom is 0.309 e. The van der Waals surface area contributed by atoms with Crippen molar-refractivity contribution in [2.24, 2.45) is 17.3 Å². The fourth-order valence-corrected chi connectivity index (χ4v) is 4.68. The molecule has 0 saturated heterocycles. The topological polar surface area (TPSA) is 117 Å². The molecule has 1 aromatic rings. The van der Waals surface area contributed by atoms with Gasteiger partial charge in [0.15, 0.2) is 0 Å². The Balaban J connectivity index is 2.37. The van der Waals surface area contributed by atoms with Crippen LogP contribution >= 0.6 is 11.3 Å². The minimum Gasteiger partial charge on any atom is -0.457 e. The second-order valence-corrected chi connectivity index (χ2v) is 11.0. The van der Waals surface area contributed by atoms with Crippen molar-refractivity contribution >= 4 is 29.2 Å². The van der Waals surface area contributed by atoms with Crippen molar-refractivity contribution in [2.75, 3.05) is 0 Å². The molecule has 194 valence electrons. The minimum absolute atomic E-state index is 0.133. The van der Waals surface area contributed by atoms with Gasteiger partial charge in [0, 0.05) is 23.6 Å². The molecule has 8 heteroatoms. The number of aliphatic hydroxyl groups excluding tert-OH is 3. The van der Waals surface area contributed by atoms with Crippen molar-refractivity contribution in [1.82, 2.24) is 4.98 Å². The molecule has 0 spiro atoms. The number of carbonyl (C=O) groups excluding carboxylic acids is 2. The molecule has 0 unspecified atom stereocenters. The smallest absolute Gasteiger partial charge is 0.309 e. The van der Waals surface area contributed by atoms with Gasteiger partial charge in [-0.15, -0.1) is 11.3 Å². The number of carbonyl (C=O) groups is 2. The number of thiazole rings is 1. The first-order valence-corrected chi connectivity index (χ1v) is 12.9. The zero-order chi connectivity index (χ0) is 26.3. The molecule has 2 rings (SSSR count). The lowest BCUT2D eigenvalue weighted by atomic mass is 9.73. The molecule has 2 heterocycles. The lowest BCUT2D eigenvalue weighted by Crippen LogP contribution is -2.45. The van der Waals surface area contributed by atoms with Crippen LogP contribution in [0, 0.1) is 17.3 Å². The Hall–Kier alpha value is -2.13. The van der Waals surface area contributed by atoms with Crippen LogP contribution in [0.1, 0.15) is 71.5 Å². The lowest BCUT2D eigenvalue weighted by molar-refractivity contribution is -0.154. The largest absolute Gasteiger partial charge is 0.457 e. The molecule has 0 saturated carbocycles. The van der Waals surface area contributed by atoms with Gasteiger partial charge in [0.2, 0.25) is 0 Å². The molecule has 1 aliphatic heterocycles. The van der Waals surface area contributed by atoms with Crippen molar-refractivity contribution in [3.63, 3.8) is 0 Å². The molecule has 35 heavy (non-hydrogen) atoms. The van der Waals surface area contributed by atoms with Crippen LogP contribution in [0.4, 0.5) is 0 Å². The highest BCUT2D eigenvalue weighted by atomic mass is 32.1. The number of aliphatic hydroxyl groups is 3. The third-order valence-electron chi connectivity index (χ3n) is 6.71. The van der Waals surface area contributed by atoms with Gasteiger partial charge in [-0.05, 0) is 31.9 Å². The molecule has 0 fully saturated rings. The van der Waals surface area contributed by atoms with E-state index in [1.807, 2.05) is 50.5 Å². The quantitative estimate of drug-likeness (QED) is 0.416. The van der Waals surface area contributed by atoms with Crippen LogP contribution in [0.25, 0.3) is 6.08 Å². The number of hydrogen-bond acceptors (Lipinski definition) is 8. The molecule has 1 aliphatic rings. The molecular weight excluding hydrogens is 466 g/mol. The number of ether oxygens (including phenoxy) is 1. The van der Waals surface area contributed by atoms with Gasteiger partial charge in [-0.25, -0.2) is 4.98 Å². The Labute approximate surface area is 212 Å². The summed E-state index contributed by atoms with van der Waals surface area (Å²) in [6, 6.07) is 0. The Kier molecular flexibility index (Phi) is 10.6. The second kappa shape index (κ2) is 12.7. The molecule has 0 amide bonds. The highest BCUT2D eigenvalue weighted by molar-refractivity contribution is 7.09. The number of Topliss-reactive ketones (excluding diaryl/α,β-unsaturated/α-hetero) is 1. The van der Waals surface area contributed by atoms with Crippen LogP contribution in [0.2, 0.25) is 0 Å². The first-order chi connectivity index (χ1) is 16.4. The van der Waals surface area contributed by atoms with Crippen LogP contribution in [-0.2, 0) is 20.9 Å². The van der Waals surface area contributed by atoms with Crippen LogP contribution in [-0.4, -0.2) is 50.4 Å². The summed E-state index contributed by atoms with van der Waals surface area (Å²) >= 11 is 1.35. The fraction of sp³-hybridized carbons (Fsp3) is 0.593. The third kappa shape index (κ3) is 7.93. The summed E-state index contributed by atoms with van der Waals surface area (Å²) in [5, 5.41) is 33.2. The Morgan fingerprint density at radius 2 is 1.97 bits per heavy atom. The number of cyclic esters (lactones) is 1. The number of nitrogens with zero attached hydrogens (tertiary/aromatic N) is 1. The van der Waals surface area contributed by atoms with E-state index < -0.39 is 35.6 Å². The number of aromatic nitrogens is 1. The summed E-state index contributed by atoms with van der Waals surface area (Å²) in [6.45, 7) is 10.4. The highest BCUT2D eigenvalue weighted by Gasteiger charge is 2.42. The van der Waals surface area contributed by atoms with Crippen molar-refractivity contribution in [2.45, 2.75) is 85.7 Å². The molecule has 0 aliphatic carbocycles. The molecular formula is C27H39NO6S. The van der Waals surface area contributed by atoms with Gasteiger partial charge < -0.3 is 20.1 Å². The summed E-state index contributed by atoms with van der Waals surface area (Å²) in [7, 11) is 0. The highest BCUT2D eigenvalue weighted by Crippen LogP contribution is 2.31. The predicted molar refractivity (Wildman–Crippen MR) is 137 cm³/mol. The van der Waals surface area contributed by atoms with Crippen LogP contribution in [0.5, 0.6) is 0 Å². The summed E-state index contributed by atoms with van der Waals surface area (Å²) in [6.07, 6.45) is 5.75. The standard InChI is InChI=1S/C27H39NO6S/c1-16-8-7-9-17(2)25(32)19(4)26(33)27(5,6)22(30)13-24(31)34-21(11-10-16)18(3)12-20-15-35-23(14-29)28-20/h7,9-10,12,15,17,19,21-22,25,29-30,32H,8,11,13-14H2,1-6H3/b9-7-,16-10+,18-12+/t17-,19+,21-,22-,25-/m0/s1. The summed E-state index contributed by atoms with van der Waals surface area (Å²) < 4.78 is 5.77. The van der Waals surface area contributed by atoms with Crippen molar-refractivity contribution < 1.29 is 29.6 Å². The van der Waals surface area contributed by atoms with Crippen LogP contribution in [0.15, 0.2) is 34.8 Å². The van der Waals surface area contributed by atoms with Gasteiger partial charge in [-0.1, -0.05) is 51.5 Å². The maximum absolute atomic E-state index is 13.1. The summed E-state index contributed by atoms with van der Waals surface area (Å²) in [4.78, 5) is 30.3. The number of ketones is 1. The van der Waals surface area contributed by atoms with E-state index in [-0.39, 0.29) is 24.7 Å². The van der Waals surface area contributed by atoms with E-state index in [0.717, 1.165) is 11.1 Å². The fourth-order valence-electron chi connectivity index (χ4n) is 4.07. The van der Waals surface area contributed by atoms with Gasteiger partial charge in [0.1, 0.15) is 16.9 Å². The van der Waals surface area contributed by atoms with Gasteiger partial charge in [-0.3, -0.25) is 9.59 Å². The summed E-state index contributed by atoms with van der Waals surface area (Å²) in [5.41, 5.74) is 1.30. The van der Waals surface area contributed by atoms with E-state index in [2.05, 4.69) is 4.98 Å². The van der Waals surface area contributed by atoms with Gasteiger partial charge in [-0.2, -0.15) is 0 Å². The zero-order valence-corrected chi connectivity index (χ0v) is 22.3. The molecule has 0 bridgehead atoms. The molecule has 1 aromatic heterocycles. The minimum atomic E-state index is -1.26. The Morgan fingerprint density at radius 3 is 2.60 bits per heavy atom. The van der Waals surface area contributed by atoms with Crippen molar-refractivity contribution in [1.29, 1.82) is 0 Å². The second-order valence-electron chi connectivity index (χ2n) is 10.1. The number of rotatable bonds is 3. The predicted octanol–water partition coefficient (Wildman–Crippen LogP) is 4.23. The Bertz CT molecular complexity index is 976. The van der Waals surface area contributed by atoms with E-state index >= 15 is 0 Å². The molecule has 7 nitrogen and oxygen atoms in total. The first-order valence-electron chi connectivity index (χ1n) is 12.0. The molecule has 5 atom stereocenters. The lowest BCUT2D eigenvalue weighted by Gasteiger charge is -2.34. The van der Waals surface area contributed by atoms with E-state index in [0.29, 0.717) is 23.5 Å². The van der Waals surface area contributed by atoms with Crippen LogP contribution in [0.3, 0.4) is 0 Å².